The minimum atomic E-state index is -4.67. The molecule has 0 N–H and O–H groups in total. The van der Waals surface area contributed by atoms with Gasteiger partial charge in [0.05, 0.1) is 11.4 Å². The molecule has 0 aliphatic carbocycles. The molecule has 9 heteroatoms. The number of hydrogen-bond donors (Lipinski definition) is 0. The fourth-order valence-corrected chi connectivity index (χ4v) is 3.96. The summed E-state index contributed by atoms with van der Waals surface area (Å²) in [5.74, 6) is -2.61. The molecule has 1 aliphatic heterocycles. The fraction of sp³-hybridized carbons (Fsp3) is 0.364. The standard InChI is InChI=1S/C11H9BrClF2NO3S/c12-8-2-7(13)3-9(14)11(8)16-4-6(1-10(16)17)5-20(15,18)19/h2-3,6H,1,4-5H2. The van der Waals surface area contributed by atoms with E-state index in [0.29, 0.717) is 0 Å². The summed E-state index contributed by atoms with van der Waals surface area (Å²) in [6.45, 7) is -0.0564. The molecule has 1 unspecified atom stereocenters. The first kappa shape index (κ1) is 15.7. The Labute approximate surface area is 128 Å². The highest BCUT2D eigenvalue weighted by atomic mass is 79.9. The summed E-state index contributed by atoms with van der Waals surface area (Å²) < 4.78 is 48.1. The Hall–Kier alpha value is -0.730. The maximum Gasteiger partial charge on any atom is 0.302 e. The van der Waals surface area contributed by atoms with Crippen molar-refractivity contribution in [1.29, 1.82) is 0 Å². The van der Waals surface area contributed by atoms with Crippen LogP contribution in [-0.4, -0.2) is 26.6 Å². The summed E-state index contributed by atoms with van der Waals surface area (Å²) in [4.78, 5) is 13.0. The minimum absolute atomic E-state index is 0.0156. The maximum absolute atomic E-state index is 13.9. The van der Waals surface area contributed by atoms with Crippen LogP contribution in [0.1, 0.15) is 6.42 Å². The molecule has 1 aromatic carbocycles. The molecule has 1 fully saturated rings. The van der Waals surface area contributed by atoms with Crippen LogP contribution < -0.4 is 4.90 Å². The molecule has 1 amide bonds. The van der Waals surface area contributed by atoms with Crippen LogP contribution in [-0.2, 0) is 15.0 Å². The molecule has 0 bridgehead atoms. The van der Waals surface area contributed by atoms with Crippen LogP contribution in [0.5, 0.6) is 0 Å². The van der Waals surface area contributed by atoms with E-state index in [2.05, 4.69) is 15.9 Å². The minimum Gasteiger partial charge on any atom is -0.308 e. The van der Waals surface area contributed by atoms with Crippen LogP contribution in [0, 0.1) is 11.7 Å². The molecule has 0 aromatic heterocycles. The zero-order valence-electron chi connectivity index (χ0n) is 9.95. The van der Waals surface area contributed by atoms with Crippen LogP contribution in [0.15, 0.2) is 16.6 Å². The lowest BCUT2D eigenvalue weighted by Crippen LogP contribution is -2.26. The highest BCUT2D eigenvalue weighted by molar-refractivity contribution is 9.10. The molecule has 0 saturated carbocycles. The number of carbonyl (C=O) groups is 1. The topological polar surface area (TPSA) is 54.5 Å². The van der Waals surface area contributed by atoms with E-state index in [1.165, 1.54) is 6.07 Å². The largest absolute Gasteiger partial charge is 0.308 e. The Morgan fingerprint density at radius 1 is 1.45 bits per heavy atom. The van der Waals surface area contributed by atoms with E-state index in [4.69, 9.17) is 11.6 Å². The van der Waals surface area contributed by atoms with Crippen molar-refractivity contribution in [2.24, 2.45) is 5.92 Å². The number of benzene rings is 1. The molecule has 1 atom stereocenters. The molecular formula is C11H9BrClF2NO3S. The Morgan fingerprint density at radius 2 is 2.10 bits per heavy atom. The second kappa shape index (κ2) is 5.57. The van der Waals surface area contributed by atoms with E-state index in [0.717, 1.165) is 11.0 Å². The van der Waals surface area contributed by atoms with Crippen molar-refractivity contribution in [3.63, 3.8) is 0 Å². The molecule has 1 heterocycles. The fourth-order valence-electron chi connectivity index (χ4n) is 2.18. The second-order valence-electron chi connectivity index (χ2n) is 4.50. The van der Waals surface area contributed by atoms with E-state index in [9.17, 15) is 21.5 Å². The van der Waals surface area contributed by atoms with Gasteiger partial charge in [-0.05, 0) is 28.1 Å². The molecule has 0 radical (unpaired) electrons. The lowest BCUT2D eigenvalue weighted by Gasteiger charge is -2.19. The van der Waals surface area contributed by atoms with Crippen molar-refractivity contribution < 1.29 is 21.5 Å². The van der Waals surface area contributed by atoms with Gasteiger partial charge < -0.3 is 4.90 Å². The highest BCUT2D eigenvalue weighted by Gasteiger charge is 2.35. The molecule has 1 aromatic rings. The molecule has 1 aliphatic rings. The zero-order valence-corrected chi connectivity index (χ0v) is 13.1. The smallest absolute Gasteiger partial charge is 0.302 e. The van der Waals surface area contributed by atoms with E-state index >= 15 is 0 Å². The quantitative estimate of drug-likeness (QED) is 0.748. The van der Waals surface area contributed by atoms with Gasteiger partial charge in [0, 0.05) is 28.4 Å². The van der Waals surface area contributed by atoms with Gasteiger partial charge in [0.2, 0.25) is 5.91 Å². The molecular weight excluding hydrogens is 380 g/mol. The van der Waals surface area contributed by atoms with Gasteiger partial charge in [-0.3, -0.25) is 4.79 Å². The number of nitrogens with zero attached hydrogens (tertiary/aromatic N) is 1. The normalized spacial score (nSPS) is 19.7. The molecule has 4 nitrogen and oxygen atoms in total. The second-order valence-corrected chi connectivity index (χ2v) is 7.20. The van der Waals surface area contributed by atoms with E-state index in [1.54, 1.807) is 0 Å². The monoisotopic (exact) mass is 387 g/mol. The zero-order chi connectivity index (χ0) is 15.1. The summed E-state index contributed by atoms with van der Waals surface area (Å²) in [6.07, 6.45) is -0.141. The van der Waals surface area contributed by atoms with E-state index in [1.807, 2.05) is 0 Å². The average molecular weight is 389 g/mol. The third kappa shape index (κ3) is 3.48. The third-order valence-electron chi connectivity index (χ3n) is 2.89. The molecule has 20 heavy (non-hydrogen) atoms. The number of rotatable bonds is 3. The van der Waals surface area contributed by atoms with Crippen LogP contribution in [0.25, 0.3) is 0 Å². The van der Waals surface area contributed by atoms with Crippen LogP contribution >= 0.6 is 27.5 Å². The lowest BCUT2D eigenvalue weighted by atomic mass is 10.1. The number of halogens is 4. The Balaban J connectivity index is 2.29. The molecule has 0 spiro atoms. The van der Waals surface area contributed by atoms with E-state index in [-0.39, 0.29) is 28.1 Å². The first-order chi connectivity index (χ1) is 9.17. The van der Waals surface area contributed by atoms with Gasteiger partial charge in [0.25, 0.3) is 0 Å². The first-order valence-electron chi connectivity index (χ1n) is 5.54. The molecule has 1 saturated heterocycles. The van der Waals surface area contributed by atoms with Crippen molar-refractivity contribution in [2.75, 3.05) is 17.2 Å². The number of amides is 1. The van der Waals surface area contributed by atoms with Crippen LogP contribution in [0.3, 0.4) is 0 Å². The van der Waals surface area contributed by atoms with Gasteiger partial charge in [0.1, 0.15) is 5.82 Å². The summed E-state index contributed by atoms with van der Waals surface area (Å²) >= 11 is 8.78. The molecule has 110 valence electrons. The Bertz CT molecular complexity index is 645. The number of hydrogen-bond acceptors (Lipinski definition) is 3. The predicted octanol–water partition coefficient (Wildman–Crippen LogP) is 2.89. The maximum atomic E-state index is 13.9. The van der Waals surface area contributed by atoms with Gasteiger partial charge >= 0.3 is 10.2 Å². The van der Waals surface area contributed by atoms with Crippen molar-refractivity contribution >= 4 is 49.3 Å². The lowest BCUT2D eigenvalue weighted by molar-refractivity contribution is -0.117. The molecule has 2 rings (SSSR count). The van der Waals surface area contributed by atoms with Crippen molar-refractivity contribution in [3.05, 3.63) is 27.4 Å². The van der Waals surface area contributed by atoms with Gasteiger partial charge in [-0.1, -0.05) is 11.6 Å². The highest BCUT2D eigenvalue weighted by Crippen LogP contribution is 2.36. The van der Waals surface area contributed by atoms with Gasteiger partial charge in [-0.25, -0.2) is 4.39 Å². The van der Waals surface area contributed by atoms with E-state index < -0.39 is 33.6 Å². The van der Waals surface area contributed by atoms with Gasteiger partial charge in [-0.15, -0.1) is 3.89 Å². The van der Waals surface area contributed by atoms with Crippen LogP contribution in [0.2, 0.25) is 5.02 Å². The Kier molecular flexibility index (Phi) is 4.36. The summed E-state index contributed by atoms with van der Waals surface area (Å²) in [6, 6.07) is 2.47. The number of anilines is 1. The third-order valence-corrected chi connectivity index (χ3v) is 4.58. The Morgan fingerprint density at radius 3 is 2.65 bits per heavy atom. The summed E-state index contributed by atoms with van der Waals surface area (Å²) in [5.41, 5.74) is -0.0156. The summed E-state index contributed by atoms with van der Waals surface area (Å²) in [7, 11) is -4.67. The number of carbonyl (C=O) groups excluding carboxylic acids is 1. The van der Waals surface area contributed by atoms with Gasteiger partial charge in [0.15, 0.2) is 0 Å². The van der Waals surface area contributed by atoms with Gasteiger partial charge in [-0.2, -0.15) is 8.42 Å². The first-order valence-corrected chi connectivity index (χ1v) is 8.27. The average Bonchev–Trinajstić information content (AvgIpc) is 2.55. The van der Waals surface area contributed by atoms with Crippen molar-refractivity contribution in [1.82, 2.24) is 0 Å². The van der Waals surface area contributed by atoms with Crippen molar-refractivity contribution in [2.45, 2.75) is 6.42 Å². The van der Waals surface area contributed by atoms with Crippen molar-refractivity contribution in [3.8, 4) is 0 Å². The van der Waals surface area contributed by atoms with Crippen LogP contribution in [0.4, 0.5) is 14.0 Å². The SMILES string of the molecule is O=C1CC(CS(=O)(=O)F)CN1c1c(F)cc(Cl)cc1Br. The predicted molar refractivity (Wildman–Crippen MR) is 74.5 cm³/mol. The summed E-state index contributed by atoms with van der Waals surface area (Å²) in [5, 5.41) is 0.160.